The van der Waals surface area contributed by atoms with E-state index >= 15 is 0 Å². The van der Waals surface area contributed by atoms with E-state index in [4.69, 9.17) is 0 Å². The predicted octanol–water partition coefficient (Wildman–Crippen LogP) is 4.12. The van der Waals surface area contributed by atoms with Gasteiger partial charge in [-0.3, -0.25) is 4.79 Å². The Labute approximate surface area is 137 Å². The van der Waals surface area contributed by atoms with Crippen LogP contribution in [0.15, 0.2) is 39.3 Å². The molecule has 3 rings (SSSR count). The van der Waals surface area contributed by atoms with Crippen molar-refractivity contribution in [2.75, 3.05) is 5.32 Å². The molecule has 1 aliphatic rings. The average Bonchev–Trinajstić information content (AvgIpc) is 2.66. The van der Waals surface area contributed by atoms with Crippen LogP contribution in [0.2, 0.25) is 0 Å². The van der Waals surface area contributed by atoms with Crippen molar-refractivity contribution >= 4 is 55.1 Å². The largest absolute Gasteiger partial charge is 0.508 e. The molecular formula is C15H9Br2NO3. The maximum Gasteiger partial charge on any atom is 0.256 e. The molecule has 3 N–H and O–H groups in total. The number of aromatic hydroxyl groups is 2. The van der Waals surface area contributed by atoms with Gasteiger partial charge in [0.1, 0.15) is 11.5 Å². The Kier molecular flexibility index (Phi) is 3.51. The number of hydrogen-bond acceptors (Lipinski definition) is 3. The first-order valence-electron chi connectivity index (χ1n) is 5.99. The number of benzene rings is 2. The summed E-state index contributed by atoms with van der Waals surface area (Å²) in [5, 5.41) is 21.8. The normalized spacial score (nSPS) is 15.1. The van der Waals surface area contributed by atoms with Crippen molar-refractivity contribution < 1.29 is 15.0 Å². The summed E-state index contributed by atoms with van der Waals surface area (Å²) in [6.45, 7) is 0. The molecule has 0 bridgehead atoms. The van der Waals surface area contributed by atoms with Gasteiger partial charge in [-0.15, -0.1) is 0 Å². The number of phenolic OH excluding ortho intramolecular Hbond substituents is 2. The van der Waals surface area contributed by atoms with E-state index in [1.165, 1.54) is 18.2 Å². The van der Waals surface area contributed by atoms with E-state index in [-0.39, 0.29) is 17.4 Å². The molecule has 1 aliphatic heterocycles. The van der Waals surface area contributed by atoms with Gasteiger partial charge in [0.2, 0.25) is 0 Å². The summed E-state index contributed by atoms with van der Waals surface area (Å²) in [6.07, 6.45) is 1.62. The van der Waals surface area contributed by atoms with Crippen molar-refractivity contribution in [3.05, 3.63) is 50.4 Å². The number of hydrogen-bond donors (Lipinski definition) is 3. The molecule has 106 valence electrons. The third-order valence-electron chi connectivity index (χ3n) is 3.06. The minimum absolute atomic E-state index is 0.0594. The molecule has 0 saturated heterocycles. The van der Waals surface area contributed by atoms with E-state index in [2.05, 4.69) is 37.2 Å². The second-order valence-corrected chi connectivity index (χ2v) is 6.38. The third kappa shape index (κ3) is 2.69. The number of fused-ring (bicyclic) bond motifs is 1. The van der Waals surface area contributed by atoms with Crippen molar-refractivity contribution in [3.8, 4) is 11.5 Å². The monoisotopic (exact) mass is 409 g/mol. The fourth-order valence-corrected chi connectivity index (χ4v) is 3.55. The highest BCUT2D eigenvalue weighted by Crippen LogP contribution is 2.40. The van der Waals surface area contributed by atoms with Gasteiger partial charge in [-0.2, -0.15) is 0 Å². The second-order valence-electron chi connectivity index (χ2n) is 4.61. The van der Waals surface area contributed by atoms with E-state index in [1.54, 1.807) is 6.08 Å². The molecule has 0 atom stereocenters. The van der Waals surface area contributed by atoms with E-state index in [0.717, 1.165) is 14.5 Å². The average molecular weight is 411 g/mol. The van der Waals surface area contributed by atoms with Crippen molar-refractivity contribution in [1.29, 1.82) is 0 Å². The van der Waals surface area contributed by atoms with Gasteiger partial charge in [0.05, 0.1) is 5.69 Å². The van der Waals surface area contributed by atoms with Crippen molar-refractivity contribution in [3.63, 3.8) is 0 Å². The van der Waals surface area contributed by atoms with Gasteiger partial charge >= 0.3 is 0 Å². The van der Waals surface area contributed by atoms with Crippen LogP contribution in [0.3, 0.4) is 0 Å². The van der Waals surface area contributed by atoms with Gasteiger partial charge in [-0.05, 0) is 51.8 Å². The minimum Gasteiger partial charge on any atom is -0.508 e. The van der Waals surface area contributed by atoms with Crippen LogP contribution < -0.4 is 5.32 Å². The van der Waals surface area contributed by atoms with E-state index in [9.17, 15) is 15.0 Å². The van der Waals surface area contributed by atoms with Crippen LogP contribution >= 0.6 is 31.9 Å². The predicted molar refractivity (Wildman–Crippen MR) is 88.1 cm³/mol. The second kappa shape index (κ2) is 5.20. The lowest BCUT2D eigenvalue weighted by Gasteiger charge is -2.03. The Balaban J connectivity index is 2.16. The Morgan fingerprint density at radius 3 is 2.33 bits per heavy atom. The molecule has 4 nitrogen and oxygen atoms in total. The number of phenols is 2. The van der Waals surface area contributed by atoms with E-state index < -0.39 is 0 Å². The third-order valence-corrected chi connectivity index (χ3v) is 4.15. The molecule has 0 saturated carbocycles. The highest BCUT2D eigenvalue weighted by atomic mass is 79.9. The molecular weight excluding hydrogens is 402 g/mol. The summed E-state index contributed by atoms with van der Waals surface area (Å²) in [5.74, 6) is -0.349. The quantitative estimate of drug-likeness (QED) is 0.619. The number of nitrogens with one attached hydrogen (secondary N) is 1. The Bertz CT molecular complexity index is 779. The lowest BCUT2D eigenvalue weighted by Crippen LogP contribution is -2.03. The smallest absolute Gasteiger partial charge is 0.256 e. The molecule has 0 radical (unpaired) electrons. The van der Waals surface area contributed by atoms with Crippen molar-refractivity contribution in [1.82, 2.24) is 0 Å². The van der Waals surface area contributed by atoms with Crippen LogP contribution in [0, 0.1) is 0 Å². The summed E-state index contributed by atoms with van der Waals surface area (Å²) in [6, 6.07) is 7.88. The van der Waals surface area contributed by atoms with Crippen LogP contribution in [0.25, 0.3) is 11.6 Å². The standard InChI is InChI=1S/C15H9Br2NO3/c16-8-4-11-12(15(21)18-14(11)13(17)5-8)3-7-1-9(19)6-10(20)2-7/h1-6,19-20H,(H,18,21). The maximum absolute atomic E-state index is 12.1. The van der Waals surface area contributed by atoms with Gasteiger partial charge in [0, 0.05) is 26.1 Å². The number of carbonyl (C=O) groups is 1. The number of amides is 1. The van der Waals surface area contributed by atoms with Gasteiger partial charge < -0.3 is 15.5 Å². The molecule has 6 heteroatoms. The zero-order valence-electron chi connectivity index (χ0n) is 10.5. The lowest BCUT2D eigenvalue weighted by atomic mass is 10.0. The topological polar surface area (TPSA) is 69.6 Å². The fraction of sp³-hybridized carbons (Fsp3) is 0. The summed E-state index contributed by atoms with van der Waals surface area (Å²) in [7, 11) is 0. The molecule has 0 aliphatic carbocycles. The fourth-order valence-electron chi connectivity index (χ4n) is 2.23. The minimum atomic E-state index is -0.230. The first-order chi connectivity index (χ1) is 9.94. The molecule has 0 unspecified atom stereocenters. The summed E-state index contributed by atoms with van der Waals surface area (Å²) in [5.41, 5.74) is 2.47. The molecule has 0 aromatic heterocycles. The highest BCUT2D eigenvalue weighted by molar-refractivity contribution is 9.11. The van der Waals surface area contributed by atoms with E-state index in [1.807, 2.05) is 12.1 Å². The van der Waals surface area contributed by atoms with Crippen molar-refractivity contribution in [2.24, 2.45) is 0 Å². The first kappa shape index (κ1) is 14.2. The first-order valence-corrected chi connectivity index (χ1v) is 7.58. The maximum atomic E-state index is 12.1. The van der Waals surface area contributed by atoms with Crippen LogP contribution in [-0.4, -0.2) is 16.1 Å². The highest BCUT2D eigenvalue weighted by Gasteiger charge is 2.26. The Morgan fingerprint density at radius 2 is 1.67 bits per heavy atom. The van der Waals surface area contributed by atoms with Gasteiger partial charge in [0.15, 0.2) is 0 Å². The van der Waals surface area contributed by atoms with Gasteiger partial charge in [-0.25, -0.2) is 0 Å². The zero-order chi connectivity index (χ0) is 15.1. The number of anilines is 1. The molecule has 21 heavy (non-hydrogen) atoms. The zero-order valence-corrected chi connectivity index (χ0v) is 13.7. The number of rotatable bonds is 1. The van der Waals surface area contributed by atoms with Gasteiger partial charge in [0.25, 0.3) is 5.91 Å². The van der Waals surface area contributed by atoms with Gasteiger partial charge in [-0.1, -0.05) is 15.9 Å². The summed E-state index contributed by atoms with van der Waals surface area (Å²) >= 11 is 6.81. The Hall–Kier alpha value is -1.79. The number of carbonyl (C=O) groups excluding carboxylic acids is 1. The van der Waals surface area contributed by atoms with Crippen LogP contribution in [-0.2, 0) is 4.79 Å². The van der Waals surface area contributed by atoms with Crippen LogP contribution in [0.5, 0.6) is 11.5 Å². The lowest BCUT2D eigenvalue weighted by molar-refractivity contribution is -0.110. The number of halogens is 2. The Morgan fingerprint density at radius 1 is 1.00 bits per heavy atom. The summed E-state index contributed by atoms with van der Waals surface area (Å²) < 4.78 is 1.62. The molecule has 1 heterocycles. The van der Waals surface area contributed by atoms with Crippen molar-refractivity contribution in [2.45, 2.75) is 0 Å². The molecule has 2 aromatic carbocycles. The SMILES string of the molecule is O=C1Nc2c(Br)cc(Br)cc2C1=Cc1cc(O)cc(O)c1. The molecule has 1 amide bonds. The molecule has 0 fully saturated rings. The van der Waals surface area contributed by atoms with Crippen LogP contribution in [0.1, 0.15) is 11.1 Å². The van der Waals surface area contributed by atoms with E-state index in [0.29, 0.717) is 16.8 Å². The van der Waals surface area contributed by atoms with Crippen LogP contribution in [0.4, 0.5) is 5.69 Å². The molecule has 0 spiro atoms. The summed E-state index contributed by atoms with van der Waals surface area (Å²) in [4.78, 5) is 12.1. The molecule has 2 aromatic rings.